The lowest BCUT2D eigenvalue weighted by molar-refractivity contribution is -0.0707. The predicted octanol–water partition coefficient (Wildman–Crippen LogP) is 1.25. The standard InChI is InChI=1S/C12H21N3OS/c1-9-5-15(6-10(2)16-9)7-11-8-17-12(14-11)3-4-13/h8-10H,3-7,13H2,1-2H3. The minimum Gasteiger partial charge on any atom is -0.373 e. The number of ether oxygens (including phenoxy) is 1. The van der Waals surface area contributed by atoms with Crippen LogP contribution in [0.15, 0.2) is 5.38 Å². The van der Waals surface area contributed by atoms with Crippen LogP contribution in [0.1, 0.15) is 24.5 Å². The number of hydrogen-bond donors (Lipinski definition) is 1. The van der Waals surface area contributed by atoms with Crippen molar-refractivity contribution in [2.75, 3.05) is 19.6 Å². The maximum atomic E-state index is 5.72. The first kappa shape index (κ1) is 13.0. The second-order valence-corrected chi connectivity index (χ2v) is 5.67. The number of morpholine rings is 1. The lowest BCUT2D eigenvalue weighted by Gasteiger charge is -2.34. The quantitative estimate of drug-likeness (QED) is 0.880. The zero-order valence-corrected chi connectivity index (χ0v) is 11.4. The zero-order chi connectivity index (χ0) is 12.3. The van der Waals surface area contributed by atoms with Gasteiger partial charge in [0, 0.05) is 31.4 Å². The van der Waals surface area contributed by atoms with Crippen LogP contribution in [-0.4, -0.2) is 41.7 Å². The average molecular weight is 255 g/mol. The molecule has 2 unspecified atom stereocenters. The number of nitrogens with two attached hydrogens (primary N) is 1. The normalized spacial score (nSPS) is 26.3. The van der Waals surface area contributed by atoms with Gasteiger partial charge in [-0.3, -0.25) is 4.90 Å². The molecule has 17 heavy (non-hydrogen) atoms. The van der Waals surface area contributed by atoms with Crippen molar-refractivity contribution >= 4 is 11.3 Å². The van der Waals surface area contributed by atoms with E-state index in [1.165, 1.54) is 5.69 Å². The fourth-order valence-electron chi connectivity index (χ4n) is 2.30. The van der Waals surface area contributed by atoms with Crippen molar-refractivity contribution < 1.29 is 4.74 Å². The molecule has 0 amide bonds. The molecule has 0 radical (unpaired) electrons. The molecule has 0 aliphatic carbocycles. The zero-order valence-electron chi connectivity index (χ0n) is 10.6. The Morgan fingerprint density at radius 2 is 2.18 bits per heavy atom. The van der Waals surface area contributed by atoms with Gasteiger partial charge in [0.1, 0.15) is 0 Å². The van der Waals surface area contributed by atoms with E-state index < -0.39 is 0 Å². The van der Waals surface area contributed by atoms with Gasteiger partial charge >= 0.3 is 0 Å². The van der Waals surface area contributed by atoms with Crippen molar-refractivity contribution in [2.45, 2.75) is 39.0 Å². The summed E-state index contributed by atoms with van der Waals surface area (Å²) < 4.78 is 5.72. The molecule has 0 saturated carbocycles. The highest BCUT2D eigenvalue weighted by Gasteiger charge is 2.22. The molecule has 1 aliphatic heterocycles. The molecule has 5 heteroatoms. The summed E-state index contributed by atoms with van der Waals surface area (Å²) in [5.74, 6) is 0. The number of thiazole rings is 1. The number of rotatable bonds is 4. The van der Waals surface area contributed by atoms with Crippen molar-refractivity contribution in [3.63, 3.8) is 0 Å². The molecule has 1 saturated heterocycles. The summed E-state index contributed by atoms with van der Waals surface area (Å²) in [6.45, 7) is 7.85. The molecule has 4 nitrogen and oxygen atoms in total. The molecule has 0 spiro atoms. The van der Waals surface area contributed by atoms with Crippen molar-refractivity contribution in [1.82, 2.24) is 9.88 Å². The Hall–Kier alpha value is -0.490. The van der Waals surface area contributed by atoms with Gasteiger partial charge in [0.25, 0.3) is 0 Å². The van der Waals surface area contributed by atoms with Crippen molar-refractivity contribution in [3.05, 3.63) is 16.1 Å². The van der Waals surface area contributed by atoms with Crippen LogP contribution in [-0.2, 0) is 17.7 Å². The van der Waals surface area contributed by atoms with Crippen molar-refractivity contribution in [1.29, 1.82) is 0 Å². The highest BCUT2D eigenvalue weighted by Crippen LogP contribution is 2.16. The third-order valence-electron chi connectivity index (χ3n) is 2.84. The van der Waals surface area contributed by atoms with E-state index in [9.17, 15) is 0 Å². The molecular formula is C12H21N3OS. The summed E-state index contributed by atoms with van der Waals surface area (Å²) in [6.07, 6.45) is 1.53. The van der Waals surface area contributed by atoms with Crippen LogP contribution in [0.25, 0.3) is 0 Å². The molecule has 2 atom stereocenters. The van der Waals surface area contributed by atoms with Crippen LogP contribution < -0.4 is 5.73 Å². The molecule has 1 aromatic rings. The van der Waals surface area contributed by atoms with Crippen LogP contribution >= 0.6 is 11.3 Å². The topological polar surface area (TPSA) is 51.4 Å². The van der Waals surface area contributed by atoms with Gasteiger partial charge in [0.15, 0.2) is 0 Å². The summed E-state index contributed by atoms with van der Waals surface area (Å²) in [7, 11) is 0. The van der Waals surface area contributed by atoms with E-state index in [4.69, 9.17) is 10.5 Å². The molecule has 1 aromatic heterocycles. The van der Waals surface area contributed by atoms with Gasteiger partial charge in [-0.1, -0.05) is 0 Å². The fourth-order valence-corrected chi connectivity index (χ4v) is 3.11. The van der Waals surface area contributed by atoms with Gasteiger partial charge in [-0.15, -0.1) is 11.3 Å². The third kappa shape index (κ3) is 3.74. The summed E-state index contributed by atoms with van der Waals surface area (Å²) in [4.78, 5) is 7.02. The van der Waals surface area contributed by atoms with Crippen molar-refractivity contribution in [3.8, 4) is 0 Å². The third-order valence-corrected chi connectivity index (χ3v) is 3.80. The Balaban J connectivity index is 1.90. The highest BCUT2D eigenvalue weighted by molar-refractivity contribution is 7.09. The molecule has 2 rings (SSSR count). The molecular weight excluding hydrogens is 234 g/mol. The second kappa shape index (κ2) is 5.91. The van der Waals surface area contributed by atoms with E-state index in [1.54, 1.807) is 11.3 Å². The molecule has 0 aromatic carbocycles. The average Bonchev–Trinajstić information content (AvgIpc) is 2.64. The highest BCUT2D eigenvalue weighted by atomic mass is 32.1. The minimum absolute atomic E-state index is 0.320. The number of nitrogens with zero attached hydrogens (tertiary/aromatic N) is 2. The van der Waals surface area contributed by atoms with Gasteiger partial charge in [-0.2, -0.15) is 0 Å². The van der Waals surface area contributed by atoms with Gasteiger partial charge in [0.05, 0.1) is 22.9 Å². The first-order chi connectivity index (χ1) is 8.17. The van der Waals surface area contributed by atoms with Crippen LogP contribution in [0.3, 0.4) is 0 Å². The maximum Gasteiger partial charge on any atom is 0.0941 e. The smallest absolute Gasteiger partial charge is 0.0941 e. The largest absolute Gasteiger partial charge is 0.373 e. The Labute approximate surface area is 107 Å². The summed E-state index contributed by atoms with van der Waals surface area (Å²) >= 11 is 1.72. The van der Waals surface area contributed by atoms with Gasteiger partial charge in [0.2, 0.25) is 0 Å². The monoisotopic (exact) mass is 255 g/mol. The summed E-state index contributed by atoms with van der Waals surface area (Å²) in [5.41, 5.74) is 6.70. The van der Waals surface area contributed by atoms with Crippen LogP contribution in [0.2, 0.25) is 0 Å². The van der Waals surface area contributed by atoms with Crippen molar-refractivity contribution in [2.24, 2.45) is 5.73 Å². The first-order valence-corrected chi connectivity index (χ1v) is 7.06. The lowest BCUT2D eigenvalue weighted by Crippen LogP contribution is -2.44. The van der Waals surface area contributed by atoms with E-state index in [1.807, 2.05) is 0 Å². The Bertz CT molecular complexity index is 345. The summed E-state index contributed by atoms with van der Waals surface area (Å²) in [5, 5.41) is 3.30. The minimum atomic E-state index is 0.320. The van der Waals surface area contributed by atoms with Gasteiger partial charge in [-0.05, 0) is 20.4 Å². The SMILES string of the molecule is CC1CN(Cc2csc(CCN)n2)CC(C)O1. The van der Waals surface area contributed by atoms with E-state index in [2.05, 4.69) is 29.1 Å². The van der Waals surface area contributed by atoms with E-state index >= 15 is 0 Å². The van der Waals surface area contributed by atoms with Gasteiger partial charge in [-0.25, -0.2) is 4.98 Å². The molecule has 2 heterocycles. The Morgan fingerprint density at radius 3 is 2.82 bits per heavy atom. The molecule has 0 bridgehead atoms. The van der Waals surface area contributed by atoms with Crippen LogP contribution in [0.5, 0.6) is 0 Å². The molecule has 1 aliphatic rings. The summed E-state index contributed by atoms with van der Waals surface area (Å²) in [6, 6.07) is 0. The first-order valence-electron chi connectivity index (χ1n) is 6.18. The van der Waals surface area contributed by atoms with Crippen LogP contribution in [0.4, 0.5) is 0 Å². The molecule has 96 valence electrons. The predicted molar refractivity (Wildman–Crippen MR) is 70.2 cm³/mol. The second-order valence-electron chi connectivity index (χ2n) is 4.72. The maximum absolute atomic E-state index is 5.72. The lowest BCUT2D eigenvalue weighted by atomic mass is 10.2. The number of aromatic nitrogens is 1. The van der Waals surface area contributed by atoms with E-state index in [-0.39, 0.29) is 0 Å². The molecule has 1 fully saturated rings. The Morgan fingerprint density at radius 1 is 1.47 bits per heavy atom. The number of hydrogen-bond acceptors (Lipinski definition) is 5. The van der Waals surface area contributed by atoms with Gasteiger partial charge < -0.3 is 10.5 Å². The Kier molecular flexibility index (Phi) is 4.50. The fraction of sp³-hybridized carbons (Fsp3) is 0.750. The van der Waals surface area contributed by atoms with Crippen LogP contribution in [0, 0.1) is 0 Å². The van der Waals surface area contributed by atoms with E-state index in [0.29, 0.717) is 18.8 Å². The molecule has 2 N–H and O–H groups in total. The van der Waals surface area contributed by atoms with E-state index in [0.717, 1.165) is 31.1 Å².